The van der Waals surface area contributed by atoms with Crippen molar-refractivity contribution in [1.82, 2.24) is 10.3 Å². The van der Waals surface area contributed by atoms with Crippen LogP contribution in [0.3, 0.4) is 0 Å². The number of rotatable bonds is 4. The maximum absolute atomic E-state index is 12.4. The number of aromatic nitrogens is 1. The molecule has 1 aliphatic carbocycles. The third kappa shape index (κ3) is 4.19. The second kappa shape index (κ2) is 6.64. The molecule has 1 saturated carbocycles. The lowest BCUT2D eigenvalue weighted by molar-refractivity contribution is -0.144. The Balaban J connectivity index is 1.87. The van der Waals surface area contributed by atoms with Gasteiger partial charge in [-0.3, -0.25) is 9.59 Å². The zero-order valence-corrected chi connectivity index (χ0v) is 12.3. The molecule has 22 heavy (non-hydrogen) atoms. The molecule has 0 spiro atoms. The van der Waals surface area contributed by atoms with E-state index in [-0.39, 0.29) is 23.9 Å². The van der Waals surface area contributed by atoms with Crippen LogP contribution in [0.1, 0.15) is 36.4 Å². The molecular formula is C13H15F3N2O3S. The van der Waals surface area contributed by atoms with E-state index in [9.17, 15) is 22.8 Å². The molecule has 5 nitrogen and oxygen atoms in total. The van der Waals surface area contributed by atoms with E-state index < -0.39 is 29.7 Å². The number of nitrogens with one attached hydrogen (secondary N) is 1. The summed E-state index contributed by atoms with van der Waals surface area (Å²) in [6.45, 7) is -0.0756. The Kier molecular flexibility index (Phi) is 5.05. The molecular weight excluding hydrogens is 321 g/mol. The van der Waals surface area contributed by atoms with Gasteiger partial charge in [-0.25, -0.2) is 4.98 Å². The van der Waals surface area contributed by atoms with Gasteiger partial charge in [0.2, 0.25) is 5.91 Å². The Morgan fingerprint density at radius 1 is 1.36 bits per heavy atom. The van der Waals surface area contributed by atoms with Crippen LogP contribution in [-0.4, -0.2) is 22.0 Å². The van der Waals surface area contributed by atoms with Crippen molar-refractivity contribution in [2.24, 2.45) is 11.8 Å². The number of aliphatic carboxylic acids is 1. The highest BCUT2D eigenvalue weighted by Crippen LogP contribution is 2.31. The number of carboxylic acids is 1. The van der Waals surface area contributed by atoms with Crippen molar-refractivity contribution in [1.29, 1.82) is 0 Å². The summed E-state index contributed by atoms with van der Waals surface area (Å²) in [5.74, 6) is -2.17. The molecule has 0 radical (unpaired) electrons. The van der Waals surface area contributed by atoms with Crippen molar-refractivity contribution in [2.75, 3.05) is 0 Å². The molecule has 1 aliphatic rings. The van der Waals surface area contributed by atoms with Crippen molar-refractivity contribution in [2.45, 2.75) is 38.4 Å². The van der Waals surface area contributed by atoms with E-state index in [1.165, 1.54) is 0 Å². The molecule has 1 aromatic heterocycles. The number of halogens is 3. The summed E-state index contributed by atoms with van der Waals surface area (Å²) in [6, 6.07) is 0. The Bertz CT molecular complexity index is 559. The maximum atomic E-state index is 12.4. The molecule has 0 aliphatic heterocycles. The van der Waals surface area contributed by atoms with Gasteiger partial charge in [-0.2, -0.15) is 13.2 Å². The van der Waals surface area contributed by atoms with Crippen LogP contribution in [0, 0.1) is 11.8 Å². The standard InChI is InChI=1S/C13H15F3N2O3S/c14-13(15,16)9-6-22-10(18-9)5-17-11(19)7-2-1-3-8(4-7)12(20)21/h6-8H,1-5H2,(H,17,19)(H,20,21). The minimum Gasteiger partial charge on any atom is -0.481 e. The van der Waals surface area contributed by atoms with Gasteiger partial charge in [0.25, 0.3) is 0 Å². The van der Waals surface area contributed by atoms with Gasteiger partial charge in [-0.05, 0) is 19.3 Å². The topological polar surface area (TPSA) is 79.3 Å². The lowest BCUT2D eigenvalue weighted by Crippen LogP contribution is -2.35. The van der Waals surface area contributed by atoms with Crippen LogP contribution in [0.25, 0.3) is 0 Å². The SMILES string of the molecule is O=C(O)C1CCCC(C(=O)NCc2nc(C(F)(F)F)cs2)C1. The second-order valence-electron chi connectivity index (χ2n) is 5.24. The van der Waals surface area contributed by atoms with E-state index in [1.807, 2.05) is 0 Å². The lowest BCUT2D eigenvalue weighted by atomic mass is 9.81. The molecule has 9 heteroatoms. The smallest absolute Gasteiger partial charge is 0.434 e. The van der Waals surface area contributed by atoms with Gasteiger partial charge in [0, 0.05) is 11.3 Å². The molecule has 1 aromatic rings. The number of alkyl halides is 3. The van der Waals surface area contributed by atoms with Crippen molar-refractivity contribution < 1.29 is 27.9 Å². The molecule has 0 saturated heterocycles. The van der Waals surface area contributed by atoms with Crippen LogP contribution in [0.15, 0.2) is 5.38 Å². The summed E-state index contributed by atoms with van der Waals surface area (Å²) in [5.41, 5.74) is -0.967. The van der Waals surface area contributed by atoms with E-state index in [0.29, 0.717) is 19.3 Å². The molecule has 1 heterocycles. The third-order valence-electron chi connectivity index (χ3n) is 3.65. The molecule has 0 aromatic carbocycles. The van der Waals surface area contributed by atoms with Gasteiger partial charge >= 0.3 is 12.1 Å². The highest BCUT2D eigenvalue weighted by atomic mass is 32.1. The normalized spacial score (nSPS) is 22.3. The van der Waals surface area contributed by atoms with Crippen molar-refractivity contribution >= 4 is 23.2 Å². The summed E-state index contributed by atoms with van der Waals surface area (Å²) in [4.78, 5) is 26.4. The van der Waals surface area contributed by atoms with Gasteiger partial charge in [0.05, 0.1) is 12.5 Å². The van der Waals surface area contributed by atoms with Crippen LogP contribution in [-0.2, 0) is 22.3 Å². The van der Waals surface area contributed by atoms with E-state index in [2.05, 4.69) is 10.3 Å². The zero-order valence-electron chi connectivity index (χ0n) is 11.5. The number of amides is 1. The van der Waals surface area contributed by atoms with Crippen LogP contribution in [0.4, 0.5) is 13.2 Å². The van der Waals surface area contributed by atoms with Crippen LogP contribution in [0.2, 0.25) is 0 Å². The maximum Gasteiger partial charge on any atom is 0.434 e. The Labute approximate surface area is 128 Å². The van der Waals surface area contributed by atoms with Gasteiger partial charge < -0.3 is 10.4 Å². The Hall–Kier alpha value is -1.64. The summed E-state index contributed by atoms with van der Waals surface area (Å²) in [7, 11) is 0. The Morgan fingerprint density at radius 2 is 2.05 bits per heavy atom. The number of carboxylic acid groups (broad SMARTS) is 1. The van der Waals surface area contributed by atoms with Gasteiger partial charge in [-0.15, -0.1) is 11.3 Å². The number of thiazole rings is 1. The molecule has 0 bridgehead atoms. The third-order valence-corrected chi connectivity index (χ3v) is 4.50. The second-order valence-corrected chi connectivity index (χ2v) is 6.18. The van der Waals surface area contributed by atoms with Crippen molar-refractivity contribution in [3.63, 3.8) is 0 Å². The quantitative estimate of drug-likeness (QED) is 0.886. The molecule has 2 N–H and O–H groups in total. The van der Waals surface area contributed by atoms with Crippen LogP contribution in [0.5, 0.6) is 0 Å². The molecule has 2 atom stereocenters. The van der Waals surface area contributed by atoms with E-state index in [1.54, 1.807) is 0 Å². The predicted octanol–water partition coefficient (Wildman–Crippen LogP) is 2.67. The zero-order chi connectivity index (χ0) is 16.3. The first kappa shape index (κ1) is 16.7. The van der Waals surface area contributed by atoms with Crippen LogP contribution >= 0.6 is 11.3 Å². The van der Waals surface area contributed by atoms with E-state index in [0.717, 1.165) is 16.7 Å². The first-order chi connectivity index (χ1) is 10.3. The molecule has 2 rings (SSSR count). The van der Waals surface area contributed by atoms with Gasteiger partial charge in [0.1, 0.15) is 5.01 Å². The summed E-state index contributed by atoms with van der Waals surface area (Å²) in [6.07, 6.45) is -2.41. The Morgan fingerprint density at radius 3 is 2.64 bits per heavy atom. The van der Waals surface area contributed by atoms with Crippen molar-refractivity contribution in [3.8, 4) is 0 Å². The number of carbonyl (C=O) groups excluding carboxylic acids is 1. The monoisotopic (exact) mass is 336 g/mol. The average molecular weight is 336 g/mol. The van der Waals surface area contributed by atoms with E-state index in [4.69, 9.17) is 5.11 Å². The molecule has 1 fully saturated rings. The number of nitrogens with zero attached hydrogens (tertiary/aromatic N) is 1. The van der Waals surface area contributed by atoms with Gasteiger partial charge in [-0.1, -0.05) is 6.42 Å². The fourth-order valence-electron chi connectivity index (χ4n) is 2.48. The van der Waals surface area contributed by atoms with Crippen molar-refractivity contribution in [3.05, 3.63) is 16.1 Å². The number of hydrogen-bond donors (Lipinski definition) is 2. The molecule has 2 unspecified atom stereocenters. The fraction of sp³-hybridized carbons (Fsp3) is 0.615. The molecule has 122 valence electrons. The first-order valence-corrected chi connectivity index (χ1v) is 7.67. The summed E-state index contributed by atoms with van der Waals surface area (Å²) < 4.78 is 37.2. The highest BCUT2D eigenvalue weighted by Gasteiger charge is 2.34. The first-order valence-electron chi connectivity index (χ1n) is 6.79. The molecule has 1 amide bonds. The van der Waals surface area contributed by atoms with Crippen LogP contribution < -0.4 is 5.32 Å². The summed E-state index contributed by atoms with van der Waals surface area (Å²) >= 11 is 0.831. The largest absolute Gasteiger partial charge is 0.481 e. The summed E-state index contributed by atoms with van der Waals surface area (Å²) in [5, 5.41) is 12.6. The highest BCUT2D eigenvalue weighted by molar-refractivity contribution is 7.09. The minimum atomic E-state index is -4.49. The number of hydrogen-bond acceptors (Lipinski definition) is 4. The van der Waals surface area contributed by atoms with Gasteiger partial charge in [0.15, 0.2) is 5.69 Å². The minimum absolute atomic E-state index is 0.0756. The predicted molar refractivity (Wildman–Crippen MR) is 72.0 cm³/mol. The average Bonchev–Trinajstić information content (AvgIpc) is 2.94. The lowest BCUT2D eigenvalue weighted by Gasteiger charge is -2.25. The fourth-order valence-corrected chi connectivity index (χ4v) is 3.22. The van der Waals surface area contributed by atoms with E-state index >= 15 is 0 Å². The number of carbonyl (C=O) groups is 2.